The molecule has 0 aliphatic rings. The third kappa shape index (κ3) is 5.42. The van der Waals surface area contributed by atoms with E-state index in [1.165, 1.54) is 0 Å². The van der Waals surface area contributed by atoms with Crippen LogP contribution < -0.4 is 10.7 Å². The van der Waals surface area contributed by atoms with E-state index in [4.69, 9.17) is 23.2 Å². The zero-order chi connectivity index (χ0) is 17.6. The fraction of sp³-hybridized carbons (Fsp3) is 0. The molecule has 3 rings (SSSR count). The molecule has 0 fully saturated rings. The van der Waals surface area contributed by atoms with Gasteiger partial charge in [0.2, 0.25) is 5.95 Å². The van der Waals surface area contributed by atoms with Crippen molar-refractivity contribution in [2.75, 3.05) is 10.7 Å². The maximum Gasteiger partial charge on any atom is 0.246 e. The van der Waals surface area contributed by atoms with Gasteiger partial charge < -0.3 is 5.32 Å². The van der Waals surface area contributed by atoms with Gasteiger partial charge in [-0.25, -0.2) is 5.43 Å². The molecule has 1 heterocycles. The van der Waals surface area contributed by atoms with Crippen LogP contribution in [0.1, 0.15) is 5.56 Å². The summed E-state index contributed by atoms with van der Waals surface area (Å²) >= 11 is 15.4. The number of benzene rings is 2. The van der Waals surface area contributed by atoms with Crippen LogP contribution in [0.5, 0.6) is 0 Å². The number of nitrogens with zero attached hydrogens (tertiary/aromatic N) is 3. The van der Waals surface area contributed by atoms with E-state index in [2.05, 4.69) is 41.7 Å². The van der Waals surface area contributed by atoms with E-state index in [-0.39, 0.29) is 5.95 Å². The Morgan fingerprint density at radius 1 is 1.00 bits per heavy atom. The summed E-state index contributed by atoms with van der Waals surface area (Å²) in [7, 11) is 0. The van der Waals surface area contributed by atoms with Crippen LogP contribution >= 0.6 is 39.1 Å². The first-order chi connectivity index (χ1) is 12.1. The second kappa shape index (κ2) is 8.29. The smallest absolute Gasteiger partial charge is 0.246 e. The largest absolute Gasteiger partial charge is 0.340 e. The number of rotatable bonds is 5. The van der Waals surface area contributed by atoms with Crippen LogP contribution in [-0.2, 0) is 0 Å². The molecule has 0 amide bonds. The molecule has 0 saturated carbocycles. The first kappa shape index (κ1) is 17.7. The van der Waals surface area contributed by atoms with Crippen molar-refractivity contribution >= 4 is 62.8 Å². The Balaban J connectivity index is 1.73. The summed E-state index contributed by atoms with van der Waals surface area (Å²) in [6.07, 6.45) is 1.62. The average Bonchev–Trinajstić information content (AvgIpc) is 2.54. The van der Waals surface area contributed by atoms with Crippen LogP contribution in [0.2, 0.25) is 10.2 Å². The van der Waals surface area contributed by atoms with Gasteiger partial charge in [-0.2, -0.15) is 15.1 Å². The SMILES string of the molecule is Clc1cccc(/C=N/Nc2nc(Cl)cc(Nc3cccc(Br)c3)n2)c1. The van der Waals surface area contributed by atoms with Crippen LogP contribution in [0.15, 0.2) is 64.2 Å². The molecule has 0 radical (unpaired) electrons. The average molecular weight is 437 g/mol. The Hall–Kier alpha value is -2.15. The second-order valence-corrected chi connectivity index (χ2v) is 6.70. The molecular formula is C17H12BrCl2N5. The number of hydrogen-bond acceptors (Lipinski definition) is 5. The van der Waals surface area contributed by atoms with Crippen LogP contribution in [0.25, 0.3) is 0 Å². The lowest BCUT2D eigenvalue weighted by atomic mass is 10.2. The summed E-state index contributed by atoms with van der Waals surface area (Å²) in [4.78, 5) is 8.43. The molecule has 1 aromatic heterocycles. The normalized spacial score (nSPS) is 10.8. The summed E-state index contributed by atoms with van der Waals surface area (Å²) in [6.45, 7) is 0. The van der Waals surface area contributed by atoms with Gasteiger partial charge in [-0.3, -0.25) is 0 Å². The molecule has 0 spiro atoms. The fourth-order valence-electron chi connectivity index (χ4n) is 2.00. The minimum Gasteiger partial charge on any atom is -0.340 e. The van der Waals surface area contributed by atoms with Gasteiger partial charge in [0.25, 0.3) is 0 Å². The van der Waals surface area contributed by atoms with E-state index < -0.39 is 0 Å². The number of nitrogens with one attached hydrogen (secondary N) is 2. The summed E-state index contributed by atoms with van der Waals surface area (Å²) in [5.41, 5.74) is 4.49. The molecule has 5 nitrogen and oxygen atoms in total. The molecule has 3 aromatic rings. The quantitative estimate of drug-likeness (QED) is 0.304. The van der Waals surface area contributed by atoms with Gasteiger partial charge in [-0.05, 0) is 35.9 Å². The molecule has 0 unspecified atom stereocenters. The highest BCUT2D eigenvalue weighted by Crippen LogP contribution is 2.21. The van der Waals surface area contributed by atoms with E-state index >= 15 is 0 Å². The van der Waals surface area contributed by atoms with E-state index in [1.807, 2.05) is 36.4 Å². The van der Waals surface area contributed by atoms with E-state index in [0.29, 0.717) is 16.0 Å². The molecule has 0 aliphatic heterocycles. The molecule has 0 atom stereocenters. The number of aromatic nitrogens is 2. The van der Waals surface area contributed by atoms with Crippen LogP contribution in [0.3, 0.4) is 0 Å². The van der Waals surface area contributed by atoms with Crippen molar-refractivity contribution in [3.8, 4) is 0 Å². The highest BCUT2D eigenvalue weighted by Gasteiger charge is 2.03. The number of hydrazone groups is 1. The minimum atomic E-state index is 0.281. The van der Waals surface area contributed by atoms with Crippen molar-refractivity contribution in [2.45, 2.75) is 0 Å². The van der Waals surface area contributed by atoms with Crippen molar-refractivity contribution in [1.29, 1.82) is 0 Å². The number of anilines is 3. The maximum absolute atomic E-state index is 6.05. The van der Waals surface area contributed by atoms with Crippen LogP contribution in [0, 0.1) is 0 Å². The lowest BCUT2D eigenvalue weighted by Crippen LogP contribution is -2.01. The molecule has 126 valence electrons. The van der Waals surface area contributed by atoms with E-state index in [0.717, 1.165) is 15.7 Å². The zero-order valence-corrected chi connectivity index (χ0v) is 15.8. The summed E-state index contributed by atoms with van der Waals surface area (Å²) in [5.74, 6) is 0.835. The highest BCUT2D eigenvalue weighted by atomic mass is 79.9. The van der Waals surface area contributed by atoms with Crippen molar-refractivity contribution in [1.82, 2.24) is 9.97 Å². The minimum absolute atomic E-state index is 0.281. The van der Waals surface area contributed by atoms with E-state index in [1.54, 1.807) is 24.4 Å². The van der Waals surface area contributed by atoms with Crippen molar-refractivity contribution < 1.29 is 0 Å². The first-order valence-corrected chi connectivity index (χ1v) is 8.75. The van der Waals surface area contributed by atoms with Gasteiger partial charge in [-0.15, -0.1) is 0 Å². The van der Waals surface area contributed by atoms with Crippen LogP contribution in [-0.4, -0.2) is 16.2 Å². The Kier molecular flexibility index (Phi) is 5.86. The molecule has 0 aliphatic carbocycles. The third-order valence-electron chi connectivity index (χ3n) is 3.02. The molecular weight excluding hydrogens is 425 g/mol. The summed E-state index contributed by atoms with van der Waals surface area (Å²) < 4.78 is 0.960. The zero-order valence-electron chi connectivity index (χ0n) is 12.7. The predicted octanol–water partition coefficient (Wildman–Crippen LogP) is 5.74. The molecule has 2 aromatic carbocycles. The highest BCUT2D eigenvalue weighted by molar-refractivity contribution is 9.10. The Morgan fingerprint density at radius 2 is 1.84 bits per heavy atom. The molecule has 2 N–H and O–H groups in total. The Labute approximate surface area is 163 Å². The summed E-state index contributed by atoms with van der Waals surface area (Å²) in [5, 5.41) is 8.21. The molecule has 8 heteroatoms. The van der Waals surface area contributed by atoms with Gasteiger partial charge in [0, 0.05) is 21.2 Å². The van der Waals surface area contributed by atoms with Gasteiger partial charge in [-0.1, -0.05) is 57.3 Å². The molecule has 0 bridgehead atoms. The Morgan fingerprint density at radius 3 is 2.64 bits per heavy atom. The molecule has 25 heavy (non-hydrogen) atoms. The number of hydrogen-bond donors (Lipinski definition) is 2. The maximum atomic E-state index is 6.05. The van der Waals surface area contributed by atoms with Crippen LogP contribution in [0.4, 0.5) is 17.5 Å². The number of halogens is 3. The predicted molar refractivity (Wildman–Crippen MR) is 107 cm³/mol. The van der Waals surface area contributed by atoms with E-state index in [9.17, 15) is 0 Å². The van der Waals surface area contributed by atoms with Crippen molar-refractivity contribution in [3.05, 3.63) is 74.8 Å². The van der Waals surface area contributed by atoms with Gasteiger partial charge in [0.15, 0.2) is 0 Å². The summed E-state index contributed by atoms with van der Waals surface area (Å²) in [6, 6.07) is 16.7. The van der Waals surface area contributed by atoms with Gasteiger partial charge in [0.1, 0.15) is 11.0 Å². The fourth-order valence-corrected chi connectivity index (χ4v) is 2.78. The van der Waals surface area contributed by atoms with Gasteiger partial charge >= 0.3 is 0 Å². The topological polar surface area (TPSA) is 62.2 Å². The first-order valence-electron chi connectivity index (χ1n) is 7.20. The standard InChI is InChI=1S/C17H12BrCl2N5/c18-12-4-2-6-14(8-12)22-16-9-15(20)23-17(24-16)25-21-10-11-3-1-5-13(19)7-11/h1-10H,(H2,22,23,24,25)/b21-10+. The van der Waals surface area contributed by atoms with Crippen molar-refractivity contribution in [3.63, 3.8) is 0 Å². The van der Waals surface area contributed by atoms with Gasteiger partial charge in [0.05, 0.1) is 6.21 Å². The van der Waals surface area contributed by atoms with Crippen molar-refractivity contribution in [2.24, 2.45) is 5.10 Å². The molecule has 0 saturated heterocycles. The Bertz CT molecular complexity index is 917. The second-order valence-electron chi connectivity index (χ2n) is 4.96. The monoisotopic (exact) mass is 435 g/mol. The lowest BCUT2D eigenvalue weighted by Gasteiger charge is -2.08. The third-order valence-corrected chi connectivity index (χ3v) is 3.94. The lowest BCUT2D eigenvalue weighted by molar-refractivity contribution is 1.12.